The summed E-state index contributed by atoms with van der Waals surface area (Å²) in [6, 6.07) is 10.3. The second-order valence-electron chi connectivity index (χ2n) is 6.14. The van der Waals surface area contributed by atoms with Gasteiger partial charge in [-0.15, -0.1) is 11.8 Å². The first-order valence-electron chi connectivity index (χ1n) is 7.60. The summed E-state index contributed by atoms with van der Waals surface area (Å²) in [6.07, 6.45) is 4.03. The highest BCUT2D eigenvalue weighted by Crippen LogP contribution is 2.37. The van der Waals surface area contributed by atoms with Crippen molar-refractivity contribution in [2.75, 3.05) is 25.4 Å². The molecule has 0 amide bonds. The molecule has 2 bridgehead atoms. The third-order valence-electron chi connectivity index (χ3n) is 5.01. The molecule has 4 unspecified atom stereocenters. The molecular formula is C16H22N2S. The van der Waals surface area contributed by atoms with Crippen molar-refractivity contribution in [1.82, 2.24) is 10.2 Å². The minimum absolute atomic E-state index is 0.592. The summed E-state index contributed by atoms with van der Waals surface area (Å²) < 4.78 is 0. The molecule has 1 aromatic rings. The number of hydrogen-bond donors (Lipinski definition) is 1. The Morgan fingerprint density at radius 1 is 1.11 bits per heavy atom. The van der Waals surface area contributed by atoms with Gasteiger partial charge in [0.2, 0.25) is 0 Å². The zero-order chi connectivity index (χ0) is 12.7. The van der Waals surface area contributed by atoms with E-state index < -0.39 is 0 Å². The second kappa shape index (κ2) is 5.12. The zero-order valence-corrected chi connectivity index (χ0v) is 12.2. The monoisotopic (exact) mass is 274 g/mol. The minimum Gasteiger partial charge on any atom is -0.307 e. The molecule has 1 N–H and O–H groups in total. The van der Waals surface area contributed by atoms with E-state index >= 15 is 0 Å². The Kier molecular flexibility index (Phi) is 3.30. The van der Waals surface area contributed by atoms with Crippen LogP contribution in [-0.4, -0.2) is 36.3 Å². The maximum Gasteiger partial charge on any atom is 0.0341 e. The van der Waals surface area contributed by atoms with Crippen LogP contribution in [0.5, 0.6) is 0 Å². The molecule has 3 aliphatic heterocycles. The summed E-state index contributed by atoms with van der Waals surface area (Å²) >= 11 is 2.02. The summed E-state index contributed by atoms with van der Waals surface area (Å²) in [5.74, 6) is 2.16. The summed E-state index contributed by atoms with van der Waals surface area (Å²) in [5.41, 5.74) is 1.54. The molecule has 19 heavy (non-hydrogen) atoms. The van der Waals surface area contributed by atoms with Crippen LogP contribution in [-0.2, 0) is 0 Å². The molecule has 4 atom stereocenters. The van der Waals surface area contributed by atoms with Gasteiger partial charge in [-0.3, -0.25) is 0 Å². The summed E-state index contributed by atoms with van der Waals surface area (Å²) in [5, 5.41) is 4.00. The van der Waals surface area contributed by atoms with Crippen LogP contribution in [0.2, 0.25) is 0 Å². The van der Waals surface area contributed by atoms with Gasteiger partial charge in [-0.1, -0.05) is 18.2 Å². The van der Waals surface area contributed by atoms with E-state index in [9.17, 15) is 0 Å². The number of piperidine rings is 1. The van der Waals surface area contributed by atoms with Crippen LogP contribution in [0, 0.1) is 5.92 Å². The van der Waals surface area contributed by atoms with Gasteiger partial charge in [0, 0.05) is 23.5 Å². The number of nitrogens with zero attached hydrogens (tertiary/aromatic N) is 1. The first-order chi connectivity index (χ1) is 9.40. The van der Waals surface area contributed by atoms with Crippen LogP contribution in [0.3, 0.4) is 0 Å². The number of nitrogens with one attached hydrogen (secondary N) is 1. The van der Waals surface area contributed by atoms with Crippen molar-refractivity contribution in [2.45, 2.75) is 36.2 Å². The van der Waals surface area contributed by atoms with Crippen LogP contribution >= 0.6 is 11.8 Å². The largest absolute Gasteiger partial charge is 0.307 e. The van der Waals surface area contributed by atoms with Crippen molar-refractivity contribution < 1.29 is 0 Å². The molecule has 3 heteroatoms. The van der Waals surface area contributed by atoms with Crippen LogP contribution in [0.25, 0.3) is 0 Å². The lowest BCUT2D eigenvalue weighted by atomic mass is 9.92. The average Bonchev–Trinajstić information content (AvgIpc) is 2.85. The molecule has 102 valence electrons. The summed E-state index contributed by atoms with van der Waals surface area (Å²) in [4.78, 5) is 4.13. The van der Waals surface area contributed by atoms with E-state index in [2.05, 4.69) is 34.5 Å². The molecule has 0 radical (unpaired) electrons. The van der Waals surface area contributed by atoms with Crippen molar-refractivity contribution in [2.24, 2.45) is 5.92 Å². The normalized spacial score (nSPS) is 37.1. The Balaban J connectivity index is 1.51. The molecule has 2 fully saturated rings. The average molecular weight is 274 g/mol. The van der Waals surface area contributed by atoms with Crippen molar-refractivity contribution in [1.29, 1.82) is 0 Å². The third-order valence-corrected chi connectivity index (χ3v) is 6.13. The predicted molar refractivity (Wildman–Crippen MR) is 80.6 cm³/mol. The van der Waals surface area contributed by atoms with Gasteiger partial charge in [0.1, 0.15) is 0 Å². The molecule has 3 heterocycles. The standard InChI is InChI=1S/C16H22N2S/c1-2-4-16-13(3-1)15(7-10-19-16)17-14-6-9-18-8-5-12(14)11-18/h1-4,12,14-15,17H,5-11H2. The Morgan fingerprint density at radius 3 is 3.00 bits per heavy atom. The number of fused-ring (bicyclic) bond motifs is 3. The highest BCUT2D eigenvalue weighted by Gasteiger charge is 2.35. The molecule has 0 aromatic heterocycles. The van der Waals surface area contributed by atoms with Crippen LogP contribution in [0.1, 0.15) is 30.9 Å². The van der Waals surface area contributed by atoms with Crippen molar-refractivity contribution in [3.05, 3.63) is 29.8 Å². The molecule has 2 saturated heterocycles. The van der Waals surface area contributed by atoms with Gasteiger partial charge in [-0.25, -0.2) is 0 Å². The molecule has 0 aliphatic carbocycles. The Labute approximate surface area is 119 Å². The fourth-order valence-electron chi connectivity index (χ4n) is 3.94. The van der Waals surface area contributed by atoms with Gasteiger partial charge in [0.15, 0.2) is 0 Å². The molecule has 0 saturated carbocycles. The first-order valence-corrected chi connectivity index (χ1v) is 8.59. The fourth-order valence-corrected chi connectivity index (χ4v) is 5.07. The maximum atomic E-state index is 4.00. The summed E-state index contributed by atoms with van der Waals surface area (Å²) in [6.45, 7) is 3.97. The first kappa shape index (κ1) is 12.2. The van der Waals surface area contributed by atoms with E-state index in [-0.39, 0.29) is 0 Å². The van der Waals surface area contributed by atoms with Crippen LogP contribution in [0.4, 0.5) is 0 Å². The number of rotatable bonds is 2. The van der Waals surface area contributed by atoms with E-state index in [0.29, 0.717) is 6.04 Å². The van der Waals surface area contributed by atoms with Gasteiger partial charge in [0.25, 0.3) is 0 Å². The quantitative estimate of drug-likeness (QED) is 0.893. The van der Waals surface area contributed by atoms with Gasteiger partial charge in [-0.2, -0.15) is 0 Å². The van der Waals surface area contributed by atoms with E-state index in [0.717, 1.165) is 12.0 Å². The Hall–Kier alpha value is -0.510. The fraction of sp³-hybridized carbons (Fsp3) is 0.625. The highest BCUT2D eigenvalue weighted by atomic mass is 32.2. The molecule has 2 nitrogen and oxygen atoms in total. The lowest BCUT2D eigenvalue weighted by molar-refractivity contribution is 0.208. The summed E-state index contributed by atoms with van der Waals surface area (Å²) in [7, 11) is 0. The third kappa shape index (κ3) is 2.32. The minimum atomic E-state index is 0.592. The predicted octanol–water partition coefficient (Wildman–Crippen LogP) is 2.91. The van der Waals surface area contributed by atoms with E-state index in [1.54, 1.807) is 5.56 Å². The lowest BCUT2D eigenvalue weighted by Gasteiger charge is -2.36. The van der Waals surface area contributed by atoms with Crippen LogP contribution < -0.4 is 5.32 Å². The van der Waals surface area contributed by atoms with Gasteiger partial charge >= 0.3 is 0 Å². The SMILES string of the molecule is c1ccc2c(c1)SCCC2NC1CCN2CCC1C2. The molecule has 4 rings (SSSR count). The van der Waals surface area contributed by atoms with E-state index in [1.165, 1.54) is 49.5 Å². The number of hydrogen-bond acceptors (Lipinski definition) is 3. The van der Waals surface area contributed by atoms with Gasteiger partial charge in [0.05, 0.1) is 0 Å². The molecule has 1 aromatic carbocycles. The topological polar surface area (TPSA) is 15.3 Å². The molecule has 0 spiro atoms. The molecule has 3 aliphatic rings. The highest BCUT2D eigenvalue weighted by molar-refractivity contribution is 7.99. The van der Waals surface area contributed by atoms with Crippen LogP contribution in [0.15, 0.2) is 29.2 Å². The van der Waals surface area contributed by atoms with Crippen molar-refractivity contribution >= 4 is 11.8 Å². The van der Waals surface area contributed by atoms with Gasteiger partial charge < -0.3 is 10.2 Å². The maximum absolute atomic E-state index is 4.00. The number of thioether (sulfide) groups is 1. The van der Waals surface area contributed by atoms with Crippen molar-refractivity contribution in [3.63, 3.8) is 0 Å². The van der Waals surface area contributed by atoms with Crippen molar-refractivity contribution in [3.8, 4) is 0 Å². The number of benzene rings is 1. The second-order valence-corrected chi connectivity index (χ2v) is 7.28. The Bertz CT molecular complexity index is 462. The molecular weight excluding hydrogens is 252 g/mol. The lowest BCUT2D eigenvalue weighted by Crippen LogP contribution is -2.45. The Morgan fingerprint density at radius 2 is 2.00 bits per heavy atom. The smallest absolute Gasteiger partial charge is 0.0341 e. The zero-order valence-electron chi connectivity index (χ0n) is 11.3. The van der Waals surface area contributed by atoms with E-state index in [4.69, 9.17) is 0 Å². The van der Waals surface area contributed by atoms with E-state index in [1.807, 2.05) is 11.8 Å². The van der Waals surface area contributed by atoms with Gasteiger partial charge in [-0.05, 0) is 55.7 Å².